The van der Waals surface area contributed by atoms with Gasteiger partial charge in [-0.3, -0.25) is 0 Å². The topological polar surface area (TPSA) is 29.5 Å². The lowest BCUT2D eigenvalue weighted by Gasteiger charge is -2.21. The molecule has 2 rings (SSSR count). The zero-order valence-electron chi connectivity index (χ0n) is 9.50. The summed E-state index contributed by atoms with van der Waals surface area (Å²) in [5.74, 6) is -1.18. The highest BCUT2D eigenvalue weighted by Gasteiger charge is 2.24. The second kappa shape index (κ2) is 5.04. The van der Waals surface area contributed by atoms with Crippen LogP contribution in [0.15, 0.2) is 16.6 Å². The van der Waals surface area contributed by atoms with Crippen molar-refractivity contribution in [3.05, 3.63) is 28.0 Å². The molecule has 1 aliphatic heterocycles. The first kappa shape index (κ1) is 12.4. The summed E-state index contributed by atoms with van der Waals surface area (Å²) in [6.45, 7) is 1.69. The Hall–Kier alpha value is -1.10. The second-order valence-corrected chi connectivity index (χ2v) is 4.88. The van der Waals surface area contributed by atoms with Crippen molar-refractivity contribution >= 4 is 27.6 Å². The molecule has 0 unspecified atom stereocenters. The number of hydrogen-bond donors (Lipinski definition) is 0. The van der Waals surface area contributed by atoms with E-state index in [9.17, 15) is 9.18 Å². The lowest BCUT2D eigenvalue weighted by molar-refractivity contribution is 0.0596. The molecule has 0 atom stereocenters. The Morgan fingerprint density at radius 1 is 1.41 bits per heavy atom. The van der Waals surface area contributed by atoms with Crippen LogP contribution < -0.4 is 4.90 Å². The summed E-state index contributed by atoms with van der Waals surface area (Å²) in [5.41, 5.74) is 0.638. The smallest absolute Gasteiger partial charge is 0.342 e. The van der Waals surface area contributed by atoms with Crippen LogP contribution in [0.2, 0.25) is 0 Å². The third-order valence-corrected chi connectivity index (χ3v) is 3.33. The van der Waals surface area contributed by atoms with Crippen molar-refractivity contribution in [2.24, 2.45) is 0 Å². The van der Waals surface area contributed by atoms with Gasteiger partial charge in [-0.1, -0.05) is 15.9 Å². The van der Waals surface area contributed by atoms with Gasteiger partial charge in [0, 0.05) is 17.6 Å². The van der Waals surface area contributed by atoms with Gasteiger partial charge < -0.3 is 9.64 Å². The number of hydrogen-bond acceptors (Lipinski definition) is 3. The van der Waals surface area contributed by atoms with Crippen LogP contribution in [0.5, 0.6) is 0 Å². The summed E-state index contributed by atoms with van der Waals surface area (Å²) in [5, 5.41) is 0. The molecule has 1 heterocycles. The van der Waals surface area contributed by atoms with E-state index in [4.69, 9.17) is 0 Å². The van der Waals surface area contributed by atoms with Crippen molar-refractivity contribution in [1.29, 1.82) is 0 Å². The van der Waals surface area contributed by atoms with Crippen molar-refractivity contribution in [1.82, 2.24) is 0 Å². The number of benzene rings is 1. The summed E-state index contributed by atoms with van der Waals surface area (Å²) >= 11 is 3.25. The van der Waals surface area contributed by atoms with Crippen LogP contribution >= 0.6 is 15.9 Å². The van der Waals surface area contributed by atoms with E-state index >= 15 is 0 Å². The lowest BCUT2D eigenvalue weighted by atomic mass is 10.1. The first-order valence-corrected chi connectivity index (χ1v) is 6.25. The minimum Gasteiger partial charge on any atom is -0.465 e. The molecule has 0 aliphatic carbocycles. The predicted octanol–water partition coefficient (Wildman–Crippen LogP) is 2.98. The fraction of sp³-hybridized carbons (Fsp3) is 0.417. The minimum atomic E-state index is -0.628. The number of halogens is 2. The zero-order chi connectivity index (χ0) is 12.4. The number of carbonyl (C=O) groups is 1. The standard InChI is InChI=1S/C12H13BrFNO2/c1-17-12(16)11-9(14)6-8(13)7-10(11)15-4-2-3-5-15/h6-7H,2-5H2,1H3. The number of anilines is 1. The van der Waals surface area contributed by atoms with E-state index < -0.39 is 11.8 Å². The van der Waals surface area contributed by atoms with Crippen LogP contribution in [0.25, 0.3) is 0 Å². The van der Waals surface area contributed by atoms with Crippen LogP contribution in [0.4, 0.5) is 10.1 Å². The van der Waals surface area contributed by atoms with E-state index in [0.717, 1.165) is 25.9 Å². The monoisotopic (exact) mass is 301 g/mol. The van der Waals surface area contributed by atoms with E-state index in [1.165, 1.54) is 13.2 Å². The van der Waals surface area contributed by atoms with Crippen LogP contribution in [0, 0.1) is 5.82 Å². The van der Waals surface area contributed by atoms with E-state index in [0.29, 0.717) is 10.2 Å². The summed E-state index contributed by atoms with van der Waals surface area (Å²) in [7, 11) is 1.26. The third-order valence-electron chi connectivity index (χ3n) is 2.87. The summed E-state index contributed by atoms with van der Waals surface area (Å²) < 4.78 is 19.1. The Kier molecular flexibility index (Phi) is 3.66. The van der Waals surface area contributed by atoms with Crippen LogP contribution in [0.3, 0.4) is 0 Å². The van der Waals surface area contributed by atoms with Crippen molar-refractivity contribution in [2.75, 3.05) is 25.1 Å². The number of methoxy groups -OCH3 is 1. The molecule has 0 aromatic heterocycles. The predicted molar refractivity (Wildman–Crippen MR) is 66.9 cm³/mol. The molecule has 0 saturated carbocycles. The molecule has 0 bridgehead atoms. The molecule has 3 nitrogen and oxygen atoms in total. The Bertz CT molecular complexity index is 444. The number of rotatable bonds is 2. The van der Waals surface area contributed by atoms with Crippen LogP contribution in [-0.4, -0.2) is 26.2 Å². The van der Waals surface area contributed by atoms with Gasteiger partial charge in [0.05, 0.1) is 12.8 Å². The molecule has 1 saturated heterocycles. The van der Waals surface area contributed by atoms with Crippen LogP contribution in [0.1, 0.15) is 23.2 Å². The number of nitrogens with zero attached hydrogens (tertiary/aromatic N) is 1. The normalized spacial score (nSPS) is 15.1. The fourth-order valence-electron chi connectivity index (χ4n) is 2.07. The number of ether oxygens (including phenoxy) is 1. The first-order valence-electron chi connectivity index (χ1n) is 5.46. The molecule has 0 amide bonds. The van der Waals surface area contributed by atoms with Gasteiger partial charge in [0.25, 0.3) is 0 Å². The van der Waals surface area contributed by atoms with Crippen molar-refractivity contribution in [3.8, 4) is 0 Å². The SMILES string of the molecule is COC(=O)c1c(F)cc(Br)cc1N1CCCC1. The zero-order valence-corrected chi connectivity index (χ0v) is 11.1. The third kappa shape index (κ3) is 2.44. The molecule has 0 N–H and O–H groups in total. The lowest BCUT2D eigenvalue weighted by Crippen LogP contribution is -2.22. The largest absolute Gasteiger partial charge is 0.465 e. The van der Waals surface area contributed by atoms with Gasteiger partial charge in [-0.25, -0.2) is 9.18 Å². The van der Waals surface area contributed by atoms with Gasteiger partial charge in [-0.2, -0.15) is 0 Å². The highest BCUT2D eigenvalue weighted by atomic mass is 79.9. The maximum absolute atomic E-state index is 13.8. The molecule has 1 aliphatic rings. The van der Waals surface area contributed by atoms with Crippen molar-refractivity contribution < 1.29 is 13.9 Å². The molecule has 1 fully saturated rings. The Labute approximate surface area is 108 Å². The fourth-order valence-corrected chi connectivity index (χ4v) is 2.49. The van der Waals surface area contributed by atoms with Gasteiger partial charge in [0.1, 0.15) is 11.4 Å². The first-order chi connectivity index (χ1) is 8.13. The molecule has 17 heavy (non-hydrogen) atoms. The molecular weight excluding hydrogens is 289 g/mol. The quantitative estimate of drug-likeness (QED) is 0.787. The van der Waals surface area contributed by atoms with Crippen molar-refractivity contribution in [2.45, 2.75) is 12.8 Å². The van der Waals surface area contributed by atoms with Gasteiger partial charge >= 0.3 is 5.97 Å². The van der Waals surface area contributed by atoms with Crippen LogP contribution in [-0.2, 0) is 4.74 Å². The highest BCUT2D eigenvalue weighted by molar-refractivity contribution is 9.10. The summed E-state index contributed by atoms with van der Waals surface area (Å²) in [4.78, 5) is 13.6. The van der Waals surface area contributed by atoms with E-state index in [1.54, 1.807) is 6.07 Å². The van der Waals surface area contributed by atoms with Gasteiger partial charge in [-0.15, -0.1) is 0 Å². The maximum Gasteiger partial charge on any atom is 0.342 e. The molecule has 1 aromatic rings. The second-order valence-electron chi connectivity index (χ2n) is 3.97. The molecule has 0 radical (unpaired) electrons. The van der Waals surface area contributed by atoms with Gasteiger partial charge in [-0.05, 0) is 25.0 Å². The average Bonchev–Trinajstić information content (AvgIpc) is 2.80. The highest BCUT2D eigenvalue weighted by Crippen LogP contribution is 2.30. The Morgan fingerprint density at radius 3 is 2.65 bits per heavy atom. The maximum atomic E-state index is 13.8. The average molecular weight is 302 g/mol. The molecular formula is C12H13BrFNO2. The summed E-state index contributed by atoms with van der Waals surface area (Å²) in [6.07, 6.45) is 2.13. The van der Waals surface area contributed by atoms with E-state index in [2.05, 4.69) is 20.7 Å². The van der Waals surface area contributed by atoms with E-state index in [1.807, 2.05) is 4.90 Å². The molecule has 0 spiro atoms. The van der Waals surface area contributed by atoms with Crippen molar-refractivity contribution in [3.63, 3.8) is 0 Å². The van der Waals surface area contributed by atoms with Gasteiger partial charge in [0.2, 0.25) is 0 Å². The van der Waals surface area contributed by atoms with Gasteiger partial charge in [0.15, 0.2) is 0 Å². The molecule has 1 aromatic carbocycles. The Balaban J connectivity index is 2.50. The molecule has 92 valence electrons. The Morgan fingerprint density at radius 2 is 2.06 bits per heavy atom. The summed E-state index contributed by atoms with van der Waals surface area (Å²) in [6, 6.07) is 3.05. The minimum absolute atomic E-state index is 0.0256. The van der Waals surface area contributed by atoms with E-state index in [-0.39, 0.29) is 5.56 Å². The number of esters is 1. The molecule has 5 heteroatoms. The number of carbonyl (C=O) groups excluding carboxylic acids is 1.